The molecule has 2 rings (SSSR count). The molecule has 0 saturated carbocycles. The Morgan fingerprint density at radius 3 is 2.81 bits per heavy atom. The van der Waals surface area contributed by atoms with Crippen LogP contribution in [0, 0.1) is 6.92 Å². The van der Waals surface area contributed by atoms with Gasteiger partial charge in [-0.2, -0.15) is 0 Å². The highest BCUT2D eigenvalue weighted by molar-refractivity contribution is 6.30. The van der Waals surface area contributed by atoms with E-state index in [0.717, 1.165) is 10.5 Å². The minimum atomic E-state index is -1.12. The van der Waals surface area contributed by atoms with Crippen molar-refractivity contribution in [3.63, 3.8) is 0 Å². The summed E-state index contributed by atoms with van der Waals surface area (Å²) in [6.45, 7) is 1.53. The lowest BCUT2D eigenvalue weighted by molar-refractivity contribution is -0.149. The van der Waals surface area contributed by atoms with Crippen LogP contribution in [-0.2, 0) is 9.59 Å². The number of aliphatic hydroxyl groups is 1. The fraction of sp³-hybridized carbons (Fsp3) is 0.429. The summed E-state index contributed by atoms with van der Waals surface area (Å²) in [4.78, 5) is 24.3. The summed E-state index contributed by atoms with van der Waals surface area (Å²) in [5.74, 6) is -1.07. The minimum Gasteiger partial charge on any atom is -0.483 e. The molecule has 2 atom stereocenters. The van der Waals surface area contributed by atoms with E-state index in [1.54, 1.807) is 25.1 Å². The van der Waals surface area contributed by atoms with E-state index >= 15 is 0 Å². The zero-order valence-electron chi connectivity index (χ0n) is 11.5. The van der Waals surface area contributed by atoms with Crippen molar-refractivity contribution in [1.82, 2.24) is 4.90 Å². The maximum absolute atomic E-state index is 12.1. The summed E-state index contributed by atoms with van der Waals surface area (Å²) in [6, 6.07) is 4.01. The van der Waals surface area contributed by atoms with Crippen LogP contribution in [-0.4, -0.2) is 52.3 Å². The van der Waals surface area contributed by atoms with Crippen LogP contribution in [0.1, 0.15) is 12.0 Å². The molecule has 1 saturated heterocycles. The molecule has 0 bridgehead atoms. The second-order valence-corrected chi connectivity index (χ2v) is 5.42. The maximum Gasteiger partial charge on any atom is 0.326 e. The lowest BCUT2D eigenvalue weighted by atomic mass is 10.2. The largest absolute Gasteiger partial charge is 0.483 e. The standard InChI is InChI=1S/C14H16ClNO5/c1-8-4-9(15)2-3-12(8)21-7-13(18)16-6-10(17)5-11(16)14(19)20/h2-4,10-11,17H,5-7H2,1H3,(H,19,20)/t10-,11-/m0/s1. The number of benzene rings is 1. The van der Waals surface area contributed by atoms with Gasteiger partial charge in [-0.1, -0.05) is 11.6 Å². The van der Waals surface area contributed by atoms with Gasteiger partial charge in [0, 0.05) is 18.0 Å². The molecule has 0 aromatic heterocycles. The van der Waals surface area contributed by atoms with E-state index in [-0.39, 0.29) is 19.6 Å². The normalized spacial score (nSPS) is 21.4. The number of carbonyl (C=O) groups is 2. The third-order valence-electron chi connectivity index (χ3n) is 3.37. The highest BCUT2D eigenvalue weighted by Gasteiger charge is 2.38. The number of hydrogen-bond donors (Lipinski definition) is 2. The molecule has 1 amide bonds. The number of carbonyl (C=O) groups excluding carboxylic acids is 1. The number of aliphatic hydroxyl groups excluding tert-OH is 1. The average Bonchev–Trinajstić information content (AvgIpc) is 2.80. The van der Waals surface area contributed by atoms with Crippen LogP contribution >= 0.6 is 11.6 Å². The van der Waals surface area contributed by atoms with E-state index in [0.29, 0.717) is 10.8 Å². The molecule has 1 aliphatic rings. The maximum atomic E-state index is 12.1. The van der Waals surface area contributed by atoms with Crippen molar-refractivity contribution >= 4 is 23.5 Å². The van der Waals surface area contributed by atoms with Crippen molar-refractivity contribution in [3.05, 3.63) is 28.8 Å². The number of carboxylic acid groups (broad SMARTS) is 1. The number of amides is 1. The first-order valence-corrected chi connectivity index (χ1v) is 6.85. The first-order chi connectivity index (χ1) is 9.88. The monoisotopic (exact) mass is 313 g/mol. The van der Waals surface area contributed by atoms with Crippen molar-refractivity contribution in [3.8, 4) is 5.75 Å². The van der Waals surface area contributed by atoms with Crippen molar-refractivity contribution in [2.75, 3.05) is 13.2 Å². The number of β-amino-alcohol motifs (C(OH)–C–C–N with tert-alkyl or cyclic N) is 1. The van der Waals surface area contributed by atoms with Crippen LogP contribution in [0.25, 0.3) is 0 Å². The Hall–Kier alpha value is -1.79. The van der Waals surface area contributed by atoms with Gasteiger partial charge in [0.15, 0.2) is 6.61 Å². The lowest BCUT2D eigenvalue weighted by Gasteiger charge is -2.21. The molecule has 1 aromatic carbocycles. The molecule has 7 heteroatoms. The first-order valence-electron chi connectivity index (χ1n) is 6.47. The molecular weight excluding hydrogens is 298 g/mol. The fourth-order valence-electron chi connectivity index (χ4n) is 2.32. The van der Waals surface area contributed by atoms with Crippen molar-refractivity contribution in [2.24, 2.45) is 0 Å². The smallest absolute Gasteiger partial charge is 0.326 e. The third kappa shape index (κ3) is 3.65. The number of likely N-dealkylation sites (tertiary alicyclic amines) is 1. The van der Waals surface area contributed by atoms with Gasteiger partial charge in [-0.3, -0.25) is 4.79 Å². The number of halogens is 1. The Labute approximate surface area is 126 Å². The Morgan fingerprint density at radius 1 is 1.48 bits per heavy atom. The number of nitrogens with zero attached hydrogens (tertiary/aromatic N) is 1. The third-order valence-corrected chi connectivity index (χ3v) is 3.61. The van der Waals surface area contributed by atoms with Gasteiger partial charge in [0.25, 0.3) is 5.91 Å². The molecule has 0 spiro atoms. The molecular formula is C14H16ClNO5. The molecule has 0 unspecified atom stereocenters. The zero-order chi connectivity index (χ0) is 15.6. The Bertz CT molecular complexity index is 562. The summed E-state index contributed by atoms with van der Waals surface area (Å²) in [5.41, 5.74) is 0.784. The second kappa shape index (κ2) is 6.32. The second-order valence-electron chi connectivity index (χ2n) is 4.99. The van der Waals surface area contributed by atoms with Gasteiger partial charge >= 0.3 is 5.97 Å². The van der Waals surface area contributed by atoms with Gasteiger partial charge in [-0.15, -0.1) is 0 Å². The SMILES string of the molecule is Cc1cc(Cl)ccc1OCC(=O)N1C[C@@H](O)C[C@H]1C(=O)O. The molecule has 0 radical (unpaired) electrons. The van der Waals surface area contributed by atoms with Crippen LogP contribution in [0.4, 0.5) is 0 Å². The topological polar surface area (TPSA) is 87.1 Å². The van der Waals surface area contributed by atoms with E-state index in [4.69, 9.17) is 21.4 Å². The van der Waals surface area contributed by atoms with Gasteiger partial charge in [-0.05, 0) is 30.7 Å². The summed E-state index contributed by atoms with van der Waals surface area (Å²) in [6.07, 6.45) is -0.770. The first kappa shape index (κ1) is 15.6. The molecule has 1 fully saturated rings. The van der Waals surface area contributed by atoms with Crippen LogP contribution < -0.4 is 4.74 Å². The molecule has 1 aliphatic heterocycles. The summed E-state index contributed by atoms with van der Waals surface area (Å²) in [7, 11) is 0. The average molecular weight is 314 g/mol. The number of hydrogen-bond acceptors (Lipinski definition) is 4. The predicted molar refractivity (Wildman–Crippen MR) is 75.4 cm³/mol. The Morgan fingerprint density at radius 2 is 2.19 bits per heavy atom. The number of aliphatic carboxylic acids is 1. The van der Waals surface area contributed by atoms with Gasteiger partial charge in [0.05, 0.1) is 6.10 Å². The van der Waals surface area contributed by atoms with Crippen molar-refractivity contribution < 1.29 is 24.5 Å². The Balaban J connectivity index is 1.99. The molecule has 21 heavy (non-hydrogen) atoms. The van der Waals surface area contributed by atoms with E-state index in [2.05, 4.69) is 0 Å². The van der Waals surface area contributed by atoms with E-state index in [9.17, 15) is 14.7 Å². The number of rotatable bonds is 4. The van der Waals surface area contributed by atoms with Gasteiger partial charge < -0.3 is 19.8 Å². The summed E-state index contributed by atoms with van der Waals surface area (Å²) < 4.78 is 5.40. The van der Waals surface area contributed by atoms with E-state index < -0.39 is 24.0 Å². The van der Waals surface area contributed by atoms with Crippen LogP contribution in [0.3, 0.4) is 0 Å². The molecule has 1 heterocycles. The van der Waals surface area contributed by atoms with Crippen LogP contribution in [0.2, 0.25) is 5.02 Å². The fourth-order valence-corrected chi connectivity index (χ4v) is 2.55. The van der Waals surface area contributed by atoms with E-state index in [1.165, 1.54) is 0 Å². The van der Waals surface area contributed by atoms with Crippen LogP contribution in [0.5, 0.6) is 5.75 Å². The quantitative estimate of drug-likeness (QED) is 0.868. The highest BCUT2D eigenvalue weighted by Crippen LogP contribution is 2.23. The highest BCUT2D eigenvalue weighted by atomic mass is 35.5. The lowest BCUT2D eigenvalue weighted by Crippen LogP contribution is -2.43. The number of ether oxygens (including phenoxy) is 1. The number of carboxylic acids is 1. The molecule has 2 N–H and O–H groups in total. The summed E-state index contributed by atoms with van der Waals surface area (Å²) in [5, 5.41) is 19.1. The Kier molecular flexibility index (Phi) is 4.69. The summed E-state index contributed by atoms with van der Waals surface area (Å²) >= 11 is 5.83. The van der Waals surface area contributed by atoms with Gasteiger partial charge in [0.1, 0.15) is 11.8 Å². The van der Waals surface area contributed by atoms with Crippen molar-refractivity contribution in [2.45, 2.75) is 25.5 Å². The molecule has 114 valence electrons. The van der Waals surface area contributed by atoms with Gasteiger partial charge in [0.2, 0.25) is 0 Å². The molecule has 6 nitrogen and oxygen atoms in total. The zero-order valence-corrected chi connectivity index (χ0v) is 12.2. The number of aryl methyl sites for hydroxylation is 1. The molecule has 1 aromatic rings. The van der Waals surface area contributed by atoms with Crippen molar-refractivity contribution in [1.29, 1.82) is 0 Å². The van der Waals surface area contributed by atoms with Gasteiger partial charge in [-0.25, -0.2) is 4.79 Å². The molecule has 0 aliphatic carbocycles. The predicted octanol–water partition coefficient (Wildman–Crippen LogP) is 1.07. The minimum absolute atomic E-state index is 0.0127. The van der Waals surface area contributed by atoms with E-state index in [1.807, 2.05) is 0 Å². The van der Waals surface area contributed by atoms with Crippen LogP contribution in [0.15, 0.2) is 18.2 Å².